The van der Waals surface area contributed by atoms with Crippen LogP contribution in [0.3, 0.4) is 0 Å². The lowest BCUT2D eigenvalue weighted by Gasteiger charge is -2.12. The van der Waals surface area contributed by atoms with Crippen LogP contribution in [0.2, 0.25) is 0 Å². The van der Waals surface area contributed by atoms with Gasteiger partial charge in [-0.3, -0.25) is 4.99 Å². The molecule has 0 fully saturated rings. The molecular formula is C12H12BrF3N2OS. The SMILES string of the molecule is CCC1CSC(Nc2ccc(OC(F)(F)F)c(Br)c2)=N1. The number of amidine groups is 1. The molecule has 1 aliphatic rings. The molecule has 0 spiro atoms. The van der Waals surface area contributed by atoms with E-state index in [0.717, 1.165) is 17.3 Å². The van der Waals surface area contributed by atoms with Crippen LogP contribution in [0, 0.1) is 0 Å². The number of hydrogen-bond acceptors (Lipinski definition) is 4. The van der Waals surface area contributed by atoms with E-state index in [2.05, 4.69) is 37.9 Å². The molecule has 0 bridgehead atoms. The Morgan fingerprint density at radius 2 is 2.25 bits per heavy atom. The fourth-order valence-electron chi connectivity index (χ4n) is 1.60. The van der Waals surface area contributed by atoms with E-state index >= 15 is 0 Å². The van der Waals surface area contributed by atoms with Gasteiger partial charge in [-0.05, 0) is 40.5 Å². The molecule has 1 unspecified atom stereocenters. The monoisotopic (exact) mass is 368 g/mol. The Labute approximate surface area is 127 Å². The first-order valence-corrected chi connectivity index (χ1v) is 7.68. The molecular weight excluding hydrogens is 357 g/mol. The number of hydrogen-bond donors (Lipinski definition) is 1. The van der Waals surface area contributed by atoms with Crippen molar-refractivity contribution >= 4 is 38.5 Å². The fraction of sp³-hybridized carbons (Fsp3) is 0.417. The van der Waals surface area contributed by atoms with Gasteiger partial charge in [0.1, 0.15) is 5.75 Å². The second-order valence-electron chi connectivity index (χ2n) is 4.13. The highest BCUT2D eigenvalue weighted by atomic mass is 79.9. The largest absolute Gasteiger partial charge is 0.573 e. The average molecular weight is 369 g/mol. The van der Waals surface area contributed by atoms with Gasteiger partial charge in [0.25, 0.3) is 0 Å². The maximum Gasteiger partial charge on any atom is 0.573 e. The highest BCUT2D eigenvalue weighted by molar-refractivity contribution is 9.10. The molecule has 2 rings (SSSR count). The summed E-state index contributed by atoms with van der Waals surface area (Å²) in [5.41, 5.74) is 0.661. The highest BCUT2D eigenvalue weighted by Crippen LogP contribution is 2.33. The smallest absolute Gasteiger partial charge is 0.405 e. The Morgan fingerprint density at radius 3 is 2.80 bits per heavy atom. The van der Waals surface area contributed by atoms with Gasteiger partial charge >= 0.3 is 6.36 Å². The predicted octanol–water partition coefficient (Wildman–Crippen LogP) is 4.64. The van der Waals surface area contributed by atoms with E-state index in [-0.39, 0.29) is 10.2 Å². The lowest BCUT2D eigenvalue weighted by molar-refractivity contribution is -0.274. The summed E-state index contributed by atoms with van der Waals surface area (Å²) in [6.45, 7) is 2.07. The first-order valence-electron chi connectivity index (χ1n) is 5.90. The van der Waals surface area contributed by atoms with E-state index in [0.29, 0.717) is 11.7 Å². The number of ether oxygens (including phenoxy) is 1. The van der Waals surface area contributed by atoms with E-state index in [1.54, 1.807) is 11.8 Å². The van der Waals surface area contributed by atoms with E-state index in [1.165, 1.54) is 18.2 Å². The molecule has 110 valence electrons. The van der Waals surface area contributed by atoms with E-state index in [9.17, 15) is 13.2 Å². The summed E-state index contributed by atoms with van der Waals surface area (Å²) in [5, 5.41) is 3.87. The standard InChI is InChI=1S/C12H12BrF3N2OS/c1-2-7-6-20-11(17-7)18-8-3-4-10(9(13)5-8)19-12(14,15)16/h3-5,7H,2,6H2,1H3,(H,17,18). The third-order valence-electron chi connectivity index (χ3n) is 2.59. The minimum atomic E-state index is -4.70. The number of halogens is 4. The summed E-state index contributed by atoms with van der Waals surface area (Å²) >= 11 is 4.67. The lowest BCUT2D eigenvalue weighted by atomic mass is 10.3. The molecule has 0 saturated carbocycles. The third kappa shape index (κ3) is 4.31. The van der Waals surface area contributed by atoms with Crippen LogP contribution >= 0.6 is 27.7 Å². The first kappa shape index (κ1) is 15.5. The number of rotatable bonds is 3. The summed E-state index contributed by atoms with van der Waals surface area (Å²) in [6, 6.07) is 4.62. The first-order chi connectivity index (χ1) is 9.37. The van der Waals surface area contributed by atoms with Gasteiger partial charge in [0.2, 0.25) is 0 Å². The quantitative estimate of drug-likeness (QED) is 0.843. The maximum absolute atomic E-state index is 12.2. The van der Waals surface area contributed by atoms with Crippen molar-refractivity contribution in [2.75, 3.05) is 11.1 Å². The summed E-state index contributed by atoms with van der Waals surface area (Å²) in [7, 11) is 0. The van der Waals surface area contributed by atoms with Crippen molar-refractivity contribution in [1.29, 1.82) is 0 Å². The lowest BCUT2D eigenvalue weighted by Crippen LogP contribution is -2.17. The summed E-state index contributed by atoms with van der Waals surface area (Å²) in [4.78, 5) is 4.46. The fourth-order valence-corrected chi connectivity index (χ4v) is 3.14. The predicted molar refractivity (Wildman–Crippen MR) is 78.4 cm³/mol. The van der Waals surface area contributed by atoms with Crippen molar-refractivity contribution in [3.05, 3.63) is 22.7 Å². The van der Waals surface area contributed by atoms with Gasteiger partial charge in [0.05, 0.1) is 10.5 Å². The zero-order chi connectivity index (χ0) is 14.8. The molecule has 0 radical (unpaired) electrons. The zero-order valence-corrected chi connectivity index (χ0v) is 12.9. The van der Waals surface area contributed by atoms with Crippen LogP contribution in [0.25, 0.3) is 0 Å². The second kappa shape index (κ2) is 6.26. The van der Waals surface area contributed by atoms with Gasteiger partial charge < -0.3 is 10.1 Å². The molecule has 1 aromatic carbocycles. The van der Waals surface area contributed by atoms with Crippen LogP contribution in [0.1, 0.15) is 13.3 Å². The molecule has 1 aromatic rings. The van der Waals surface area contributed by atoms with Crippen LogP contribution in [0.15, 0.2) is 27.7 Å². The number of aliphatic imine (C=N–C) groups is 1. The number of thioether (sulfide) groups is 1. The normalized spacial score (nSPS) is 18.9. The topological polar surface area (TPSA) is 33.6 Å². The van der Waals surface area contributed by atoms with Gasteiger partial charge in [-0.2, -0.15) is 0 Å². The molecule has 20 heavy (non-hydrogen) atoms. The Bertz CT molecular complexity index is 522. The minimum Gasteiger partial charge on any atom is -0.405 e. The maximum atomic E-state index is 12.2. The number of nitrogens with zero attached hydrogens (tertiary/aromatic N) is 1. The van der Waals surface area contributed by atoms with Gasteiger partial charge in [-0.1, -0.05) is 18.7 Å². The van der Waals surface area contributed by atoms with Gasteiger partial charge in [0.15, 0.2) is 5.17 Å². The number of anilines is 1. The summed E-state index contributed by atoms with van der Waals surface area (Å²) in [6.07, 6.45) is -3.72. The van der Waals surface area contributed by atoms with Crippen LogP contribution < -0.4 is 10.1 Å². The molecule has 8 heteroatoms. The number of benzene rings is 1. The van der Waals surface area contributed by atoms with Crippen LogP contribution in [0.5, 0.6) is 5.75 Å². The van der Waals surface area contributed by atoms with Crippen LogP contribution in [-0.2, 0) is 0 Å². The molecule has 0 aliphatic carbocycles. The second-order valence-corrected chi connectivity index (χ2v) is 5.99. The Morgan fingerprint density at radius 1 is 1.50 bits per heavy atom. The molecule has 0 amide bonds. The third-order valence-corrected chi connectivity index (χ3v) is 4.24. The van der Waals surface area contributed by atoms with Crippen molar-refractivity contribution in [3.8, 4) is 5.75 Å². The van der Waals surface area contributed by atoms with Crippen LogP contribution in [0.4, 0.5) is 18.9 Å². The van der Waals surface area contributed by atoms with Gasteiger partial charge in [-0.25, -0.2) is 0 Å². The Balaban J connectivity index is 2.06. The molecule has 1 N–H and O–H groups in total. The van der Waals surface area contributed by atoms with Crippen molar-refractivity contribution < 1.29 is 17.9 Å². The van der Waals surface area contributed by atoms with Crippen molar-refractivity contribution in [2.24, 2.45) is 4.99 Å². The zero-order valence-electron chi connectivity index (χ0n) is 10.5. The average Bonchev–Trinajstić information content (AvgIpc) is 2.79. The minimum absolute atomic E-state index is 0.232. The van der Waals surface area contributed by atoms with Crippen molar-refractivity contribution in [2.45, 2.75) is 25.7 Å². The van der Waals surface area contributed by atoms with E-state index < -0.39 is 6.36 Å². The Kier molecular flexibility index (Phi) is 4.85. The van der Waals surface area contributed by atoms with Crippen molar-refractivity contribution in [1.82, 2.24) is 0 Å². The van der Waals surface area contributed by atoms with Crippen LogP contribution in [-0.4, -0.2) is 23.3 Å². The molecule has 0 aromatic heterocycles. The van der Waals surface area contributed by atoms with Crippen molar-refractivity contribution in [3.63, 3.8) is 0 Å². The molecule has 1 atom stereocenters. The molecule has 1 heterocycles. The molecule has 1 aliphatic heterocycles. The molecule has 3 nitrogen and oxygen atoms in total. The van der Waals surface area contributed by atoms with E-state index in [1.807, 2.05) is 0 Å². The van der Waals surface area contributed by atoms with Gasteiger partial charge in [0, 0.05) is 11.4 Å². The summed E-state index contributed by atoms with van der Waals surface area (Å²) < 4.78 is 40.6. The van der Waals surface area contributed by atoms with E-state index in [4.69, 9.17) is 0 Å². The number of alkyl halides is 3. The summed E-state index contributed by atoms with van der Waals surface area (Å²) in [5.74, 6) is 0.658. The molecule has 0 saturated heterocycles. The number of nitrogens with one attached hydrogen (secondary N) is 1. The highest BCUT2D eigenvalue weighted by Gasteiger charge is 2.32. The van der Waals surface area contributed by atoms with Gasteiger partial charge in [-0.15, -0.1) is 13.2 Å². The Hall–Kier alpha value is -0.890.